The molecule has 0 aliphatic heterocycles. The van der Waals surface area contributed by atoms with Crippen LogP contribution >= 0.6 is 0 Å². The van der Waals surface area contributed by atoms with Gasteiger partial charge in [-0.15, -0.1) is 0 Å². The van der Waals surface area contributed by atoms with Crippen LogP contribution in [0.25, 0.3) is 0 Å². The Bertz CT molecular complexity index is 1160. The van der Waals surface area contributed by atoms with Crippen LogP contribution in [0, 0.1) is 0 Å². The SMILES string of the molecule is CCOc1ccc(CCCNC(=O)CN(c2ccccc2CC)S(=O)(=O)c2ccccc2)cc1. The quantitative estimate of drug-likeness (QED) is 0.385. The summed E-state index contributed by atoms with van der Waals surface area (Å²) in [4.78, 5) is 13.0. The van der Waals surface area contributed by atoms with Gasteiger partial charge in [-0.25, -0.2) is 8.42 Å². The van der Waals surface area contributed by atoms with E-state index in [1.54, 1.807) is 42.5 Å². The van der Waals surface area contributed by atoms with Crippen LogP contribution in [-0.4, -0.2) is 34.0 Å². The topological polar surface area (TPSA) is 75.7 Å². The highest BCUT2D eigenvalue weighted by Gasteiger charge is 2.28. The summed E-state index contributed by atoms with van der Waals surface area (Å²) in [5.41, 5.74) is 2.55. The van der Waals surface area contributed by atoms with Crippen molar-refractivity contribution >= 4 is 21.6 Å². The molecular weight excluding hydrogens is 448 g/mol. The number of benzene rings is 3. The van der Waals surface area contributed by atoms with E-state index in [-0.39, 0.29) is 17.3 Å². The summed E-state index contributed by atoms with van der Waals surface area (Å²) >= 11 is 0. The van der Waals surface area contributed by atoms with E-state index < -0.39 is 10.0 Å². The normalized spacial score (nSPS) is 11.1. The number of hydrogen-bond acceptors (Lipinski definition) is 4. The summed E-state index contributed by atoms with van der Waals surface area (Å²) in [6.45, 7) is 4.72. The highest BCUT2D eigenvalue weighted by molar-refractivity contribution is 7.92. The predicted molar refractivity (Wildman–Crippen MR) is 136 cm³/mol. The average molecular weight is 481 g/mol. The molecule has 0 fully saturated rings. The molecule has 1 amide bonds. The number of rotatable bonds is 12. The van der Waals surface area contributed by atoms with Gasteiger partial charge in [0.15, 0.2) is 0 Å². The largest absolute Gasteiger partial charge is 0.494 e. The maximum atomic E-state index is 13.5. The van der Waals surface area contributed by atoms with Crippen LogP contribution in [0.15, 0.2) is 83.8 Å². The van der Waals surface area contributed by atoms with Gasteiger partial charge in [0.25, 0.3) is 10.0 Å². The first-order chi connectivity index (χ1) is 16.5. The Labute approximate surface area is 202 Å². The van der Waals surface area contributed by atoms with E-state index in [2.05, 4.69) is 5.32 Å². The molecule has 0 radical (unpaired) electrons. The molecule has 3 rings (SSSR count). The molecule has 0 atom stereocenters. The molecule has 1 N–H and O–H groups in total. The van der Waals surface area contributed by atoms with Crippen LogP contribution in [0.3, 0.4) is 0 Å². The number of ether oxygens (including phenoxy) is 1. The molecule has 0 aliphatic rings. The number of nitrogens with zero attached hydrogens (tertiary/aromatic N) is 1. The van der Waals surface area contributed by atoms with Crippen molar-refractivity contribution < 1.29 is 17.9 Å². The lowest BCUT2D eigenvalue weighted by Gasteiger charge is -2.26. The van der Waals surface area contributed by atoms with Crippen molar-refractivity contribution in [3.05, 3.63) is 90.0 Å². The number of nitrogens with one attached hydrogen (secondary N) is 1. The molecule has 0 bridgehead atoms. The van der Waals surface area contributed by atoms with Gasteiger partial charge in [0.1, 0.15) is 12.3 Å². The Balaban J connectivity index is 1.67. The van der Waals surface area contributed by atoms with Crippen molar-refractivity contribution in [1.29, 1.82) is 0 Å². The van der Waals surface area contributed by atoms with E-state index in [0.717, 1.165) is 29.7 Å². The molecule has 0 unspecified atom stereocenters. The molecule has 0 aliphatic carbocycles. The molecule has 0 aromatic heterocycles. The number of para-hydroxylation sites is 1. The smallest absolute Gasteiger partial charge is 0.264 e. The fourth-order valence-corrected chi connectivity index (χ4v) is 5.18. The maximum Gasteiger partial charge on any atom is 0.264 e. The second-order valence-electron chi connectivity index (χ2n) is 7.84. The zero-order valence-electron chi connectivity index (χ0n) is 19.7. The lowest BCUT2D eigenvalue weighted by Crippen LogP contribution is -2.41. The molecule has 180 valence electrons. The van der Waals surface area contributed by atoms with Gasteiger partial charge < -0.3 is 10.1 Å². The van der Waals surface area contributed by atoms with Crippen LogP contribution < -0.4 is 14.4 Å². The van der Waals surface area contributed by atoms with Crippen molar-refractivity contribution in [2.75, 3.05) is 24.0 Å². The lowest BCUT2D eigenvalue weighted by atomic mass is 10.1. The van der Waals surface area contributed by atoms with Crippen molar-refractivity contribution in [2.45, 2.75) is 38.0 Å². The van der Waals surface area contributed by atoms with Gasteiger partial charge in [-0.3, -0.25) is 9.10 Å². The highest BCUT2D eigenvalue weighted by atomic mass is 32.2. The molecule has 0 heterocycles. The first-order valence-corrected chi connectivity index (χ1v) is 13.0. The Morgan fingerprint density at radius 1 is 0.912 bits per heavy atom. The van der Waals surface area contributed by atoms with Crippen molar-refractivity contribution in [3.63, 3.8) is 0 Å². The second kappa shape index (κ2) is 12.2. The molecule has 34 heavy (non-hydrogen) atoms. The minimum Gasteiger partial charge on any atom is -0.494 e. The molecule has 7 heteroatoms. The monoisotopic (exact) mass is 480 g/mol. The third-order valence-electron chi connectivity index (χ3n) is 5.46. The molecule has 3 aromatic rings. The van der Waals surface area contributed by atoms with Crippen LogP contribution in [0.4, 0.5) is 5.69 Å². The summed E-state index contributed by atoms with van der Waals surface area (Å²) in [5, 5.41) is 2.88. The van der Waals surface area contributed by atoms with Gasteiger partial charge >= 0.3 is 0 Å². The summed E-state index contributed by atoms with van der Waals surface area (Å²) in [6, 6.07) is 23.4. The first kappa shape index (κ1) is 25.3. The van der Waals surface area contributed by atoms with E-state index in [1.807, 2.05) is 50.2 Å². The van der Waals surface area contributed by atoms with Crippen molar-refractivity contribution in [1.82, 2.24) is 5.32 Å². The number of anilines is 1. The number of carbonyl (C=O) groups excluding carboxylic acids is 1. The summed E-state index contributed by atoms with van der Waals surface area (Å²) in [7, 11) is -3.90. The van der Waals surface area contributed by atoms with E-state index in [1.165, 1.54) is 4.31 Å². The zero-order valence-corrected chi connectivity index (χ0v) is 20.6. The third-order valence-corrected chi connectivity index (χ3v) is 7.23. The standard InChI is InChI=1S/C27H32N2O4S/c1-3-23-12-8-9-15-26(23)29(34(31,32)25-13-6-5-7-14-25)21-27(30)28-20-10-11-22-16-18-24(19-17-22)33-4-2/h5-9,12-19H,3-4,10-11,20-21H2,1-2H3,(H,28,30). The van der Waals surface area contributed by atoms with Gasteiger partial charge in [0.05, 0.1) is 17.2 Å². The van der Waals surface area contributed by atoms with Gasteiger partial charge in [-0.1, -0.05) is 55.5 Å². The third kappa shape index (κ3) is 6.60. The Morgan fingerprint density at radius 3 is 2.26 bits per heavy atom. The summed E-state index contributed by atoms with van der Waals surface area (Å²) in [6.07, 6.45) is 2.20. The number of sulfonamides is 1. The molecule has 3 aromatic carbocycles. The van der Waals surface area contributed by atoms with Gasteiger partial charge in [-0.2, -0.15) is 0 Å². The molecule has 6 nitrogen and oxygen atoms in total. The van der Waals surface area contributed by atoms with Crippen molar-refractivity contribution in [2.24, 2.45) is 0 Å². The van der Waals surface area contributed by atoms with Crippen LogP contribution in [0.1, 0.15) is 31.4 Å². The Kier molecular flexibility index (Phi) is 9.10. The van der Waals surface area contributed by atoms with E-state index in [4.69, 9.17) is 4.74 Å². The van der Waals surface area contributed by atoms with Gasteiger partial charge in [0, 0.05) is 6.54 Å². The summed E-state index contributed by atoms with van der Waals surface area (Å²) in [5.74, 6) is 0.503. The molecular formula is C27H32N2O4S. The maximum absolute atomic E-state index is 13.5. The first-order valence-electron chi connectivity index (χ1n) is 11.6. The van der Waals surface area contributed by atoms with E-state index >= 15 is 0 Å². The van der Waals surface area contributed by atoms with Crippen LogP contribution in [0.2, 0.25) is 0 Å². The Hall–Kier alpha value is -3.32. The fraction of sp³-hybridized carbons (Fsp3) is 0.296. The minimum absolute atomic E-state index is 0.157. The predicted octanol–water partition coefficient (Wildman–Crippen LogP) is 4.59. The second-order valence-corrected chi connectivity index (χ2v) is 9.70. The number of amides is 1. The van der Waals surface area contributed by atoms with Crippen molar-refractivity contribution in [3.8, 4) is 5.75 Å². The van der Waals surface area contributed by atoms with Gasteiger partial charge in [0.2, 0.25) is 5.91 Å². The highest BCUT2D eigenvalue weighted by Crippen LogP contribution is 2.27. The number of hydrogen-bond donors (Lipinski definition) is 1. The minimum atomic E-state index is -3.90. The molecule has 0 saturated carbocycles. The van der Waals surface area contributed by atoms with E-state index in [9.17, 15) is 13.2 Å². The van der Waals surface area contributed by atoms with E-state index in [0.29, 0.717) is 25.3 Å². The van der Waals surface area contributed by atoms with Gasteiger partial charge in [-0.05, 0) is 67.6 Å². The number of carbonyl (C=O) groups is 1. The molecule has 0 saturated heterocycles. The average Bonchev–Trinajstić information content (AvgIpc) is 2.87. The zero-order chi connectivity index (χ0) is 24.4. The molecule has 0 spiro atoms. The van der Waals surface area contributed by atoms with Crippen LogP contribution in [-0.2, 0) is 27.7 Å². The Morgan fingerprint density at radius 2 is 1.59 bits per heavy atom. The number of aryl methyl sites for hydroxylation is 2. The summed E-state index contributed by atoms with van der Waals surface area (Å²) < 4.78 is 33.6. The fourth-order valence-electron chi connectivity index (χ4n) is 3.70. The lowest BCUT2D eigenvalue weighted by molar-refractivity contribution is -0.119. The van der Waals surface area contributed by atoms with Crippen LogP contribution in [0.5, 0.6) is 5.75 Å².